The Morgan fingerprint density at radius 1 is 1.12 bits per heavy atom. The second-order valence-corrected chi connectivity index (χ2v) is 6.12. The molecular weight excluding hydrogens is 316 g/mol. The summed E-state index contributed by atoms with van der Waals surface area (Å²) in [7, 11) is 0. The van der Waals surface area contributed by atoms with Crippen LogP contribution in [0.4, 0.5) is 0 Å². The zero-order valence-corrected chi connectivity index (χ0v) is 14.3. The van der Waals surface area contributed by atoms with Crippen molar-refractivity contribution in [1.29, 1.82) is 0 Å². The number of fused-ring (bicyclic) bond motifs is 1. The Morgan fingerprint density at radius 2 is 1.76 bits per heavy atom. The Bertz CT molecular complexity index is 901. The highest BCUT2D eigenvalue weighted by Gasteiger charge is 2.39. The zero-order chi connectivity index (χ0) is 18.0. The van der Waals surface area contributed by atoms with Crippen LogP contribution in [-0.4, -0.2) is 21.3 Å². The number of Topliss-reactive ketones (excluding diaryl/α,β-unsaturated/α-hetero) is 1. The van der Waals surface area contributed by atoms with Crippen LogP contribution < -0.4 is 0 Å². The summed E-state index contributed by atoms with van der Waals surface area (Å²) >= 11 is 0. The molecule has 0 saturated heterocycles. The van der Waals surface area contributed by atoms with Gasteiger partial charge >= 0.3 is 0 Å². The number of nitro groups is 1. The van der Waals surface area contributed by atoms with E-state index in [1.54, 1.807) is 0 Å². The lowest BCUT2D eigenvalue weighted by Gasteiger charge is -2.19. The van der Waals surface area contributed by atoms with E-state index in [4.69, 9.17) is 0 Å². The number of benzene rings is 2. The molecule has 3 aromatic rings. The van der Waals surface area contributed by atoms with E-state index >= 15 is 0 Å². The molecular formula is C20H20N2O3. The average molecular weight is 336 g/mol. The fourth-order valence-electron chi connectivity index (χ4n) is 3.48. The molecule has 25 heavy (non-hydrogen) atoms. The Hall–Kier alpha value is -2.95. The normalized spacial score (nSPS) is 13.5. The molecule has 2 aromatic carbocycles. The summed E-state index contributed by atoms with van der Waals surface area (Å²) < 4.78 is 2.07. The molecule has 0 radical (unpaired) electrons. The van der Waals surface area contributed by atoms with Crippen molar-refractivity contribution >= 4 is 16.7 Å². The van der Waals surface area contributed by atoms with Gasteiger partial charge < -0.3 is 4.57 Å². The zero-order valence-electron chi connectivity index (χ0n) is 14.3. The van der Waals surface area contributed by atoms with Crippen LogP contribution in [0.25, 0.3) is 10.9 Å². The van der Waals surface area contributed by atoms with E-state index < -0.39 is 22.7 Å². The molecule has 128 valence electrons. The van der Waals surface area contributed by atoms with Crippen molar-refractivity contribution in [3.05, 3.63) is 82.0 Å². The largest absolute Gasteiger partial charge is 0.347 e. The maximum atomic E-state index is 12.1. The molecule has 0 N–H and O–H groups in total. The van der Waals surface area contributed by atoms with Gasteiger partial charge in [-0.3, -0.25) is 14.9 Å². The third-order valence-electron chi connectivity index (χ3n) is 4.61. The summed E-state index contributed by atoms with van der Waals surface area (Å²) in [5, 5.41) is 12.7. The van der Waals surface area contributed by atoms with Crippen LogP contribution in [0.1, 0.15) is 30.9 Å². The molecule has 0 aliphatic carbocycles. The fourth-order valence-corrected chi connectivity index (χ4v) is 3.48. The maximum Gasteiger partial charge on any atom is 0.280 e. The number of ketones is 1. The van der Waals surface area contributed by atoms with Crippen molar-refractivity contribution in [2.75, 3.05) is 0 Å². The third kappa shape index (κ3) is 3.05. The third-order valence-corrected chi connectivity index (χ3v) is 4.61. The first kappa shape index (κ1) is 16.9. The van der Waals surface area contributed by atoms with Gasteiger partial charge in [0.15, 0.2) is 0 Å². The molecule has 2 atom stereocenters. The molecule has 0 spiro atoms. The minimum Gasteiger partial charge on any atom is -0.347 e. The van der Waals surface area contributed by atoms with Gasteiger partial charge in [0.05, 0.1) is 5.92 Å². The predicted octanol–water partition coefficient (Wildman–Crippen LogP) is 4.03. The smallest absolute Gasteiger partial charge is 0.280 e. The summed E-state index contributed by atoms with van der Waals surface area (Å²) in [6.45, 7) is 4.08. The van der Waals surface area contributed by atoms with Crippen LogP contribution in [0.2, 0.25) is 0 Å². The van der Waals surface area contributed by atoms with E-state index in [1.165, 1.54) is 6.92 Å². The first-order valence-corrected chi connectivity index (χ1v) is 8.31. The highest BCUT2D eigenvalue weighted by molar-refractivity contribution is 5.88. The van der Waals surface area contributed by atoms with Crippen LogP contribution in [-0.2, 0) is 11.3 Å². The van der Waals surface area contributed by atoms with Crippen LogP contribution in [0.5, 0.6) is 0 Å². The summed E-state index contributed by atoms with van der Waals surface area (Å²) in [6.07, 6.45) is 1.95. The van der Waals surface area contributed by atoms with Gasteiger partial charge in [-0.05, 0) is 24.1 Å². The quantitative estimate of drug-likeness (QED) is 0.504. The van der Waals surface area contributed by atoms with Crippen molar-refractivity contribution in [1.82, 2.24) is 4.57 Å². The summed E-state index contributed by atoms with van der Waals surface area (Å²) in [5.74, 6) is -1.06. The SMILES string of the molecule is CCn1cc([C@H](c2ccccc2)[C@H](C(C)=O)[N+](=O)[O-])c2ccccc21. The Kier molecular flexibility index (Phi) is 4.65. The molecule has 0 aliphatic rings. The molecule has 0 aliphatic heterocycles. The van der Waals surface area contributed by atoms with Crippen LogP contribution >= 0.6 is 0 Å². The molecule has 3 rings (SSSR count). The van der Waals surface area contributed by atoms with E-state index in [-0.39, 0.29) is 0 Å². The second-order valence-electron chi connectivity index (χ2n) is 6.12. The van der Waals surface area contributed by atoms with Crippen molar-refractivity contribution in [3.8, 4) is 0 Å². The van der Waals surface area contributed by atoms with Gasteiger partial charge in [0.1, 0.15) is 0 Å². The number of hydrogen-bond donors (Lipinski definition) is 0. The minimum absolute atomic E-state index is 0.438. The number of aromatic nitrogens is 1. The van der Waals surface area contributed by atoms with Crippen molar-refractivity contribution in [2.24, 2.45) is 0 Å². The first-order valence-electron chi connectivity index (χ1n) is 8.31. The van der Waals surface area contributed by atoms with Gasteiger partial charge in [0, 0.05) is 35.5 Å². The molecule has 0 amide bonds. The van der Waals surface area contributed by atoms with Gasteiger partial charge in [-0.15, -0.1) is 0 Å². The van der Waals surface area contributed by atoms with E-state index in [0.29, 0.717) is 0 Å². The number of carbonyl (C=O) groups is 1. The van der Waals surface area contributed by atoms with Crippen LogP contribution in [0.3, 0.4) is 0 Å². The number of hydrogen-bond acceptors (Lipinski definition) is 3. The molecule has 0 saturated carbocycles. The number of carbonyl (C=O) groups excluding carboxylic acids is 1. The molecule has 0 unspecified atom stereocenters. The van der Waals surface area contributed by atoms with Crippen LogP contribution in [0, 0.1) is 10.1 Å². The molecule has 5 nitrogen and oxygen atoms in total. The Balaban J connectivity index is 2.29. The molecule has 0 bridgehead atoms. The predicted molar refractivity (Wildman–Crippen MR) is 97.4 cm³/mol. The fraction of sp³-hybridized carbons (Fsp3) is 0.250. The molecule has 1 aromatic heterocycles. The molecule has 5 heteroatoms. The number of aryl methyl sites for hydroxylation is 1. The number of para-hydroxylation sites is 1. The lowest BCUT2D eigenvalue weighted by molar-refractivity contribution is -0.509. The highest BCUT2D eigenvalue weighted by Crippen LogP contribution is 2.36. The van der Waals surface area contributed by atoms with Crippen molar-refractivity contribution < 1.29 is 9.72 Å². The number of nitrogens with zero attached hydrogens (tertiary/aromatic N) is 2. The summed E-state index contributed by atoms with van der Waals surface area (Å²) in [6, 6.07) is 15.8. The Morgan fingerprint density at radius 3 is 2.36 bits per heavy atom. The van der Waals surface area contributed by atoms with Gasteiger partial charge in [-0.25, -0.2) is 0 Å². The molecule has 0 fully saturated rings. The van der Waals surface area contributed by atoms with Gasteiger partial charge in [0.2, 0.25) is 5.78 Å². The Labute approximate surface area is 146 Å². The van der Waals surface area contributed by atoms with E-state index in [9.17, 15) is 14.9 Å². The second kappa shape index (κ2) is 6.89. The lowest BCUT2D eigenvalue weighted by Crippen LogP contribution is -2.34. The van der Waals surface area contributed by atoms with Gasteiger partial charge in [0.25, 0.3) is 6.04 Å². The summed E-state index contributed by atoms with van der Waals surface area (Å²) in [4.78, 5) is 23.4. The van der Waals surface area contributed by atoms with Crippen molar-refractivity contribution in [2.45, 2.75) is 32.4 Å². The first-order chi connectivity index (χ1) is 12.0. The van der Waals surface area contributed by atoms with E-state index in [0.717, 1.165) is 28.6 Å². The number of rotatable bonds is 6. The monoisotopic (exact) mass is 336 g/mol. The van der Waals surface area contributed by atoms with Crippen molar-refractivity contribution in [3.63, 3.8) is 0 Å². The van der Waals surface area contributed by atoms with Gasteiger partial charge in [-0.2, -0.15) is 0 Å². The average Bonchev–Trinajstić information content (AvgIpc) is 2.98. The minimum atomic E-state index is -1.31. The van der Waals surface area contributed by atoms with E-state index in [1.807, 2.05) is 67.7 Å². The highest BCUT2D eigenvalue weighted by atomic mass is 16.6. The summed E-state index contributed by atoms with van der Waals surface area (Å²) in [5.41, 5.74) is 2.62. The van der Waals surface area contributed by atoms with Gasteiger partial charge in [-0.1, -0.05) is 48.5 Å². The maximum absolute atomic E-state index is 12.1. The lowest BCUT2D eigenvalue weighted by atomic mass is 9.83. The standard InChI is InChI=1S/C20H20N2O3/c1-3-21-13-17(16-11-7-8-12-18(16)21)19(15-9-5-4-6-10-15)20(14(2)23)22(24)25/h4-13,19-20H,3H2,1-2H3/t19-,20-/m0/s1. The van der Waals surface area contributed by atoms with Crippen LogP contribution in [0.15, 0.2) is 60.8 Å². The topological polar surface area (TPSA) is 65.1 Å². The van der Waals surface area contributed by atoms with E-state index in [2.05, 4.69) is 4.57 Å². The molecule has 1 heterocycles.